The molecule has 1 atom stereocenters. The molecule has 2 aliphatic rings. The maximum atomic E-state index is 13.2. The Morgan fingerprint density at radius 2 is 1.97 bits per heavy atom. The molecule has 2 aromatic heterocycles. The van der Waals surface area contributed by atoms with Crippen LogP contribution in [-0.4, -0.2) is 53.2 Å². The molecule has 0 saturated carbocycles. The number of anilines is 2. The number of benzene rings is 1. The lowest BCUT2D eigenvalue weighted by Crippen LogP contribution is -2.68. The van der Waals surface area contributed by atoms with Gasteiger partial charge in [-0.1, -0.05) is 37.3 Å². The van der Waals surface area contributed by atoms with E-state index in [0.717, 1.165) is 28.2 Å². The van der Waals surface area contributed by atoms with E-state index in [-0.39, 0.29) is 5.91 Å². The number of hydrogen-bond acceptors (Lipinski definition) is 6. The van der Waals surface area contributed by atoms with Crippen molar-refractivity contribution in [2.24, 2.45) is 0 Å². The SMILES string of the molecule is CC[C@]12COCCN1c1nc(-c3ccncc3-c3ccccc3)ncc1N(C)C2=O. The number of amides is 1. The average Bonchev–Trinajstić information content (AvgIpc) is 2.82. The second kappa shape index (κ2) is 7.18. The summed E-state index contributed by atoms with van der Waals surface area (Å²) >= 11 is 0. The zero-order chi connectivity index (χ0) is 20.7. The number of carbonyl (C=O) groups excluding carboxylic acids is 1. The summed E-state index contributed by atoms with van der Waals surface area (Å²) in [5.41, 5.74) is 2.95. The Morgan fingerprint density at radius 3 is 2.77 bits per heavy atom. The van der Waals surface area contributed by atoms with Crippen molar-refractivity contribution in [1.29, 1.82) is 0 Å². The molecule has 2 aliphatic heterocycles. The van der Waals surface area contributed by atoms with E-state index >= 15 is 0 Å². The fourth-order valence-corrected chi connectivity index (χ4v) is 4.41. The van der Waals surface area contributed by atoms with Crippen LogP contribution in [0.4, 0.5) is 11.5 Å². The summed E-state index contributed by atoms with van der Waals surface area (Å²) in [6.45, 7) is 3.59. The highest BCUT2D eigenvalue weighted by Crippen LogP contribution is 2.42. The van der Waals surface area contributed by atoms with E-state index in [1.165, 1.54) is 0 Å². The summed E-state index contributed by atoms with van der Waals surface area (Å²) in [5.74, 6) is 1.43. The Labute approximate surface area is 175 Å². The van der Waals surface area contributed by atoms with Crippen molar-refractivity contribution < 1.29 is 9.53 Å². The Kier molecular flexibility index (Phi) is 4.47. The van der Waals surface area contributed by atoms with Crippen molar-refractivity contribution in [3.63, 3.8) is 0 Å². The Bertz CT molecular complexity index is 1100. The van der Waals surface area contributed by atoms with Crippen molar-refractivity contribution in [2.45, 2.75) is 18.9 Å². The first-order valence-corrected chi connectivity index (χ1v) is 10.2. The van der Waals surface area contributed by atoms with Crippen LogP contribution in [0.3, 0.4) is 0 Å². The fraction of sp³-hybridized carbons (Fsp3) is 0.304. The van der Waals surface area contributed by atoms with Crippen LogP contribution in [-0.2, 0) is 9.53 Å². The Balaban J connectivity index is 1.67. The highest BCUT2D eigenvalue weighted by molar-refractivity contribution is 6.07. The predicted octanol–water partition coefficient (Wildman–Crippen LogP) is 3.17. The van der Waals surface area contributed by atoms with Gasteiger partial charge in [0, 0.05) is 37.1 Å². The number of fused-ring (bicyclic) bond motifs is 3. The van der Waals surface area contributed by atoms with Crippen LogP contribution in [0.1, 0.15) is 13.3 Å². The number of ether oxygens (including phenoxy) is 1. The van der Waals surface area contributed by atoms with E-state index in [4.69, 9.17) is 9.72 Å². The summed E-state index contributed by atoms with van der Waals surface area (Å²) in [4.78, 5) is 30.9. The second-order valence-corrected chi connectivity index (χ2v) is 7.64. The minimum Gasteiger partial charge on any atom is -0.377 e. The summed E-state index contributed by atoms with van der Waals surface area (Å²) < 4.78 is 5.72. The van der Waals surface area contributed by atoms with E-state index in [1.807, 2.05) is 37.4 Å². The summed E-state index contributed by atoms with van der Waals surface area (Å²) in [6, 6.07) is 12.0. The molecule has 0 unspecified atom stereocenters. The zero-order valence-corrected chi connectivity index (χ0v) is 17.1. The quantitative estimate of drug-likeness (QED) is 0.671. The van der Waals surface area contributed by atoms with Gasteiger partial charge < -0.3 is 14.5 Å². The van der Waals surface area contributed by atoms with Gasteiger partial charge in [0.15, 0.2) is 11.6 Å². The number of aromatic nitrogens is 3. The van der Waals surface area contributed by atoms with Crippen LogP contribution in [0.5, 0.6) is 0 Å². The molecule has 0 radical (unpaired) electrons. The van der Waals surface area contributed by atoms with Crippen LogP contribution in [0.25, 0.3) is 22.5 Å². The van der Waals surface area contributed by atoms with Crippen molar-refractivity contribution in [3.8, 4) is 22.5 Å². The van der Waals surface area contributed by atoms with E-state index in [9.17, 15) is 4.79 Å². The molecule has 1 saturated heterocycles. The minimum atomic E-state index is -0.716. The molecule has 0 bridgehead atoms. The van der Waals surface area contributed by atoms with Crippen LogP contribution in [0, 0.1) is 0 Å². The highest BCUT2D eigenvalue weighted by Gasteiger charge is 2.51. The molecule has 3 aromatic rings. The van der Waals surface area contributed by atoms with E-state index in [1.54, 1.807) is 24.3 Å². The lowest BCUT2D eigenvalue weighted by Gasteiger charge is -2.51. The maximum Gasteiger partial charge on any atom is 0.255 e. The molecular weight excluding hydrogens is 378 g/mol. The van der Waals surface area contributed by atoms with Crippen molar-refractivity contribution >= 4 is 17.4 Å². The maximum absolute atomic E-state index is 13.2. The number of likely N-dealkylation sites (N-methyl/N-ethyl adjacent to an activating group) is 1. The molecule has 0 aliphatic carbocycles. The smallest absolute Gasteiger partial charge is 0.255 e. The van der Waals surface area contributed by atoms with Gasteiger partial charge in [-0.25, -0.2) is 9.97 Å². The molecule has 7 nitrogen and oxygen atoms in total. The van der Waals surface area contributed by atoms with Gasteiger partial charge in [0.2, 0.25) is 0 Å². The Hall–Kier alpha value is -3.32. The summed E-state index contributed by atoms with van der Waals surface area (Å²) in [6.07, 6.45) is 6.00. The molecule has 1 amide bonds. The van der Waals surface area contributed by atoms with E-state index in [2.05, 4.69) is 27.0 Å². The minimum absolute atomic E-state index is 0.0300. The molecule has 5 rings (SSSR count). The van der Waals surface area contributed by atoms with Crippen molar-refractivity contribution in [2.75, 3.05) is 36.6 Å². The molecule has 30 heavy (non-hydrogen) atoms. The van der Waals surface area contributed by atoms with Crippen LogP contribution in [0.2, 0.25) is 0 Å². The molecule has 152 valence electrons. The number of pyridine rings is 1. The number of rotatable bonds is 3. The van der Waals surface area contributed by atoms with Gasteiger partial charge >= 0.3 is 0 Å². The number of nitrogens with zero attached hydrogens (tertiary/aromatic N) is 5. The largest absolute Gasteiger partial charge is 0.377 e. The van der Waals surface area contributed by atoms with E-state index < -0.39 is 5.54 Å². The molecule has 0 N–H and O–H groups in total. The first kappa shape index (κ1) is 18.7. The third-order valence-electron chi connectivity index (χ3n) is 6.12. The predicted molar refractivity (Wildman–Crippen MR) is 115 cm³/mol. The number of carbonyl (C=O) groups is 1. The number of hydrogen-bond donors (Lipinski definition) is 0. The lowest BCUT2D eigenvalue weighted by molar-refractivity contribution is -0.128. The third-order valence-corrected chi connectivity index (χ3v) is 6.12. The second-order valence-electron chi connectivity index (χ2n) is 7.64. The Morgan fingerprint density at radius 1 is 1.13 bits per heavy atom. The van der Waals surface area contributed by atoms with Crippen molar-refractivity contribution in [3.05, 3.63) is 55.0 Å². The fourth-order valence-electron chi connectivity index (χ4n) is 4.41. The summed E-state index contributed by atoms with van der Waals surface area (Å²) in [5, 5.41) is 0. The van der Waals surface area contributed by atoms with Crippen LogP contribution >= 0.6 is 0 Å². The first-order chi connectivity index (χ1) is 14.7. The normalized spacial score (nSPS) is 20.7. The van der Waals surface area contributed by atoms with Gasteiger partial charge in [-0.2, -0.15) is 0 Å². The van der Waals surface area contributed by atoms with Gasteiger partial charge in [0.1, 0.15) is 11.2 Å². The van der Waals surface area contributed by atoms with Gasteiger partial charge in [-0.3, -0.25) is 9.78 Å². The standard InChI is InChI=1S/C23H23N5O2/c1-3-23-15-30-12-11-28(23)21-19(27(2)22(23)29)14-25-20(26-21)17-9-10-24-13-18(17)16-7-5-4-6-8-16/h4-10,13-14H,3,11-12,15H2,1-2H3/t23-/m1/s1. The third kappa shape index (κ3) is 2.69. The molecule has 0 spiro atoms. The van der Waals surface area contributed by atoms with Crippen LogP contribution < -0.4 is 9.80 Å². The highest BCUT2D eigenvalue weighted by atomic mass is 16.5. The topological polar surface area (TPSA) is 71.5 Å². The molecule has 4 heterocycles. The first-order valence-electron chi connectivity index (χ1n) is 10.2. The summed E-state index contributed by atoms with van der Waals surface area (Å²) in [7, 11) is 1.79. The van der Waals surface area contributed by atoms with Crippen molar-refractivity contribution in [1.82, 2.24) is 15.0 Å². The molecule has 1 aromatic carbocycles. The molecule has 1 fully saturated rings. The zero-order valence-electron chi connectivity index (χ0n) is 17.1. The van der Waals surface area contributed by atoms with Gasteiger partial charge in [-0.05, 0) is 18.1 Å². The van der Waals surface area contributed by atoms with Gasteiger partial charge in [-0.15, -0.1) is 0 Å². The van der Waals surface area contributed by atoms with E-state index in [0.29, 0.717) is 32.0 Å². The lowest BCUT2D eigenvalue weighted by atomic mass is 9.89. The van der Waals surface area contributed by atoms with Gasteiger partial charge in [0.05, 0.1) is 19.4 Å². The average molecular weight is 401 g/mol. The molecule has 7 heteroatoms. The van der Waals surface area contributed by atoms with Gasteiger partial charge in [0.25, 0.3) is 5.91 Å². The monoisotopic (exact) mass is 401 g/mol. The van der Waals surface area contributed by atoms with Crippen LogP contribution in [0.15, 0.2) is 55.0 Å². The molecular formula is C23H23N5O2. The number of morpholine rings is 1.